The van der Waals surface area contributed by atoms with Crippen molar-refractivity contribution in [3.05, 3.63) is 203 Å². The molecule has 0 N–H and O–H groups in total. The molecule has 736 valence electrons. The van der Waals surface area contributed by atoms with Crippen LogP contribution in [-0.4, -0.2) is 140 Å². The zero-order valence-corrected chi connectivity index (χ0v) is 93.9. The molecule has 16 fully saturated rings. The standard InChI is InChI=1S/C22H31O2S.C20H29O2S.C20H29OS2.C20H29S3.C19H27OS.C19H27S/c1-5-24-21(23)15-16-13-19-7-6-8-20(14-16)25(19)18-11-9-17(10-12-18)22(2,3)4;3*1-19(2,3)15-7-9-16(10-8-15)23-17-5-4-6-18(23)14-20(13-17)21-11-12-22-20;1-18(2,3)14-7-9-15(10-8-14)21-16-5-4-6-17(21)12-19(11-16)13-20-19;1-14-12-17-6-5-7-18(13-14)20(17)16-10-8-15(9-11-16)19(2,3)4/h9-12,15,19-20H,5-8,13-14H2,1-4H3;3*7-10,17-18H,4-6,11-14H2,1-3H3;7-10,16-17H,4-6,11-13H2,1-3H3;8-11,17-18H,1,5-7,12-13H2,2-4H3/q6*+1. The average Bonchev–Trinajstić information content (AvgIpc) is 1.65. The van der Waals surface area contributed by atoms with Crippen molar-refractivity contribution in [1.82, 2.24) is 0 Å². The van der Waals surface area contributed by atoms with E-state index in [2.05, 4.69) is 312 Å². The Bertz CT molecular complexity index is 4580. The van der Waals surface area contributed by atoms with Crippen LogP contribution in [0.1, 0.15) is 358 Å². The number of carbonyl (C=O) groups excluding carboxylic acids is 1. The van der Waals surface area contributed by atoms with E-state index >= 15 is 0 Å². The lowest BCUT2D eigenvalue weighted by Crippen LogP contribution is -2.52. The maximum atomic E-state index is 11.8. The summed E-state index contributed by atoms with van der Waals surface area (Å²) in [5.74, 6) is 3.58. The number of thioether (sulfide) groups is 3. The molecular formula is C120H172O6S9+6. The van der Waals surface area contributed by atoms with E-state index in [-0.39, 0.29) is 49.2 Å². The Morgan fingerprint density at radius 2 is 0.593 bits per heavy atom. The van der Waals surface area contributed by atoms with Crippen LogP contribution in [0.5, 0.6) is 0 Å². The van der Waals surface area contributed by atoms with E-state index < -0.39 is 0 Å². The quantitative estimate of drug-likeness (QED) is 0.0487. The third-order valence-corrected chi connectivity index (χ3v) is 55.8. The number of benzene rings is 6. The van der Waals surface area contributed by atoms with Crippen molar-refractivity contribution in [3.8, 4) is 0 Å². The van der Waals surface area contributed by atoms with Crippen molar-refractivity contribution >= 4 is 107 Å². The molecule has 0 aliphatic carbocycles. The van der Waals surface area contributed by atoms with Gasteiger partial charge in [0.25, 0.3) is 0 Å². The highest BCUT2D eigenvalue weighted by Gasteiger charge is 2.63. The molecule has 0 saturated carbocycles. The molecule has 0 amide bonds. The van der Waals surface area contributed by atoms with Gasteiger partial charge < -0.3 is 23.7 Å². The van der Waals surface area contributed by atoms with Gasteiger partial charge >= 0.3 is 5.97 Å². The number of hydrogen-bond acceptors (Lipinski definition) is 9. The van der Waals surface area contributed by atoms with Crippen LogP contribution in [-0.2, 0) is 126 Å². The number of allylic oxidation sites excluding steroid dienone is 2. The number of epoxide rings is 1. The van der Waals surface area contributed by atoms with Gasteiger partial charge in [-0.1, -0.05) is 215 Å². The molecule has 6 aromatic rings. The summed E-state index contributed by atoms with van der Waals surface area (Å²) in [6.07, 6.45) is 42.1. The van der Waals surface area contributed by atoms with Crippen LogP contribution in [0.4, 0.5) is 0 Å². The Morgan fingerprint density at radius 1 is 0.333 bits per heavy atom. The first-order valence-electron chi connectivity index (χ1n) is 53.2. The van der Waals surface area contributed by atoms with Crippen LogP contribution < -0.4 is 0 Å². The second-order valence-corrected chi connectivity index (χ2v) is 68.9. The van der Waals surface area contributed by atoms with E-state index in [1.165, 1.54) is 234 Å². The minimum atomic E-state index is -0.232. The predicted octanol–water partition coefficient (Wildman–Crippen LogP) is 30.3. The summed E-state index contributed by atoms with van der Waals surface area (Å²) >= 11 is 6.69. The summed E-state index contributed by atoms with van der Waals surface area (Å²) in [4.78, 5) is 21.6. The van der Waals surface area contributed by atoms with Crippen molar-refractivity contribution in [1.29, 1.82) is 0 Å². The molecule has 16 aliphatic heterocycles. The van der Waals surface area contributed by atoms with Crippen molar-refractivity contribution < 1.29 is 28.5 Å². The van der Waals surface area contributed by atoms with Crippen molar-refractivity contribution in [2.24, 2.45) is 0 Å². The van der Waals surface area contributed by atoms with Gasteiger partial charge in [0, 0.05) is 166 Å². The number of esters is 1. The Kier molecular flexibility index (Phi) is 33.1. The van der Waals surface area contributed by atoms with Crippen molar-refractivity contribution in [3.63, 3.8) is 0 Å². The number of rotatable bonds is 8. The summed E-state index contributed by atoms with van der Waals surface area (Å²) in [6.45, 7) is 51.5. The zero-order chi connectivity index (χ0) is 95.3. The van der Waals surface area contributed by atoms with E-state index in [4.69, 9.17) is 23.7 Å². The van der Waals surface area contributed by atoms with E-state index in [0.717, 1.165) is 105 Å². The molecule has 16 heterocycles. The minimum Gasteiger partial charge on any atom is -0.463 e. The fourth-order valence-corrected chi connectivity index (χ4v) is 51.9. The third kappa shape index (κ3) is 25.0. The van der Waals surface area contributed by atoms with Gasteiger partial charge in [-0.3, -0.25) is 0 Å². The highest BCUT2D eigenvalue weighted by Crippen LogP contribution is 2.60. The molecule has 16 saturated heterocycles. The Morgan fingerprint density at radius 3 is 0.859 bits per heavy atom. The smallest absolute Gasteiger partial charge is 0.330 e. The van der Waals surface area contributed by atoms with Gasteiger partial charge in [0.2, 0.25) is 0 Å². The maximum Gasteiger partial charge on any atom is 0.330 e. The van der Waals surface area contributed by atoms with Crippen molar-refractivity contribution in [2.45, 2.75) is 469 Å². The van der Waals surface area contributed by atoms with Gasteiger partial charge in [0.1, 0.15) is 73.5 Å². The Hall–Kier alpha value is -2.74. The van der Waals surface area contributed by atoms with Crippen molar-refractivity contribution in [2.75, 3.05) is 50.3 Å². The van der Waals surface area contributed by atoms with Gasteiger partial charge in [-0.15, -0.1) is 35.3 Å². The van der Waals surface area contributed by atoms with E-state index in [1.54, 1.807) is 30.6 Å². The molecule has 6 aromatic carbocycles. The molecule has 22 rings (SSSR count). The molecule has 0 aromatic heterocycles. The van der Waals surface area contributed by atoms with Crippen LogP contribution in [0, 0.1) is 0 Å². The van der Waals surface area contributed by atoms with Gasteiger partial charge in [-0.25, -0.2) is 4.79 Å². The SMILES string of the molecule is C=C1CC2CCCC(C1)[S+]2c1ccc(C(C)(C)C)cc1.CC(C)(C)c1ccc([S+]2C3CCCC2CC2(C3)OCCO2)cc1.CC(C)(C)c1ccc([S+]2C3CCCC2CC2(C3)OCCS2)cc1.CC(C)(C)c1ccc([S+]2C3CCCC2CC2(C3)SCCS2)cc1.CC(C)(C)c1ccc([S+]2C3CCCC2CC2(CO2)C3)cc1.CCOC(=O)C=C1CC2CCCC(C1)[S+]2c1ccc(C(C)(C)C)cc1. The monoisotopic (exact) mass is 2000 g/mol. The summed E-state index contributed by atoms with van der Waals surface area (Å²) < 4.78 is 29.9. The first kappa shape index (κ1) is 104. The molecule has 16 aliphatic rings. The van der Waals surface area contributed by atoms with E-state index in [9.17, 15) is 4.79 Å². The summed E-state index contributed by atoms with van der Waals surface area (Å²) in [5.41, 5.74) is 13.3. The highest BCUT2D eigenvalue weighted by molar-refractivity contribution is 8.21. The summed E-state index contributed by atoms with van der Waals surface area (Å²) in [6, 6.07) is 57.5. The van der Waals surface area contributed by atoms with Crippen LogP contribution in [0.3, 0.4) is 0 Å². The average molecular weight is 2000 g/mol. The van der Waals surface area contributed by atoms with E-state index in [0.29, 0.717) is 92.2 Å². The second-order valence-electron chi connectivity index (χ2n) is 49.0. The van der Waals surface area contributed by atoms with Crippen LogP contribution in [0.15, 0.2) is 199 Å². The summed E-state index contributed by atoms with van der Waals surface area (Å²) in [7, 11) is 2.62. The molecule has 12 unspecified atom stereocenters. The number of carbonyl (C=O) groups is 1. The predicted molar refractivity (Wildman–Crippen MR) is 595 cm³/mol. The second kappa shape index (κ2) is 43.1. The molecule has 4 spiro atoms. The lowest BCUT2D eigenvalue weighted by molar-refractivity contribution is -0.171. The fourth-order valence-electron chi connectivity index (χ4n) is 25.5. The number of hydrogen-bond donors (Lipinski definition) is 0. The topological polar surface area (TPSA) is 66.5 Å². The Labute approximate surface area is 850 Å². The number of ether oxygens (including phenoxy) is 5. The molecule has 12 bridgehead atoms. The zero-order valence-electron chi connectivity index (χ0n) is 86.6. The Balaban J connectivity index is 0.000000113. The van der Waals surface area contributed by atoms with Crippen LogP contribution in [0.2, 0.25) is 0 Å². The molecule has 0 radical (unpaired) electrons. The van der Waals surface area contributed by atoms with Gasteiger partial charge in [-0.05, 0) is 261 Å². The lowest BCUT2D eigenvalue weighted by atomic mass is 9.87. The normalized spacial score (nSPS) is 33.0. The minimum absolute atomic E-state index is 0.160. The fraction of sp³-hybridized carbons (Fsp3) is 0.658. The largest absolute Gasteiger partial charge is 0.463 e. The third-order valence-electron chi connectivity index (χ3n) is 32.6. The van der Waals surface area contributed by atoms with Crippen LogP contribution >= 0.6 is 35.3 Å². The lowest BCUT2D eigenvalue weighted by Gasteiger charge is -2.43. The van der Waals surface area contributed by atoms with E-state index in [1.807, 2.05) is 6.92 Å². The number of fused-ring (bicyclic) bond motifs is 12. The maximum absolute atomic E-state index is 11.8. The molecular weight excluding hydrogens is 1830 g/mol. The molecule has 135 heavy (non-hydrogen) atoms. The molecule has 6 nitrogen and oxygen atoms in total. The van der Waals surface area contributed by atoms with Gasteiger partial charge in [-0.2, -0.15) is 0 Å². The van der Waals surface area contributed by atoms with Crippen LogP contribution in [0.25, 0.3) is 0 Å². The first-order valence-corrected chi connectivity index (χ1v) is 64.2. The van der Waals surface area contributed by atoms with Gasteiger partial charge in [0.15, 0.2) is 35.2 Å². The van der Waals surface area contributed by atoms with Gasteiger partial charge in [0.05, 0.1) is 37.1 Å². The molecule has 12 atom stereocenters. The first-order chi connectivity index (χ1) is 64.2. The molecule has 15 heteroatoms. The summed E-state index contributed by atoms with van der Waals surface area (Å²) in [5, 5.41) is 10.1. The highest BCUT2D eigenvalue weighted by atomic mass is 32.2.